The maximum atomic E-state index is 8.77. The van der Waals surface area contributed by atoms with Crippen molar-refractivity contribution < 1.29 is 9.52 Å². The van der Waals surface area contributed by atoms with E-state index >= 15 is 0 Å². The molecular weight excluding hydrogens is 224 g/mol. The van der Waals surface area contributed by atoms with Crippen molar-refractivity contribution in [2.45, 2.75) is 12.8 Å². The van der Waals surface area contributed by atoms with Crippen molar-refractivity contribution in [2.75, 3.05) is 6.61 Å². The summed E-state index contributed by atoms with van der Waals surface area (Å²) in [6.07, 6.45) is 3.13. The quantitative estimate of drug-likeness (QED) is 0.885. The first-order valence-electron chi connectivity index (χ1n) is 5.19. The van der Waals surface area contributed by atoms with Gasteiger partial charge in [0.1, 0.15) is 5.76 Å². The Morgan fingerprint density at radius 1 is 1.12 bits per heavy atom. The largest absolute Gasteiger partial charge is 0.469 e. The van der Waals surface area contributed by atoms with Crippen LogP contribution in [0, 0.1) is 0 Å². The Morgan fingerprint density at radius 3 is 2.56 bits per heavy atom. The topological polar surface area (TPSA) is 33.4 Å². The van der Waals surface area contributed by atoms with Crippen LogP contribution in [-0.2, 0) is 12.8 Å². The lowest BCUT2D eigenvalue weighted by Crippen LogP contribution is -1.87. The Balaban J connectivity index is 2.05. The third-order valence-corrected chi connectivity index (χ3v) is 2.64. The molecule has 0 aliphatic carbocycles. The lowest BCUT2D eigenvalue weighted by atomic mass is 10.1. The lowest BCUT2D eigenvalue weighted by Gasteiger charge is -1.97. The minimum atomic E-state index is 0.119. The molecule has 1 aromatic carbocycles. The maximum Gasteiger partial charge on any atom is 0.106 e. The van der Waals surface area contributed by atoms with Gasteiger partial charge in [0.05, 0.1) is 12.9 Å². The SMILES string of the molecule is OCCc1cc(Cc2ccc(Cl)cc2)co1. The molecule has 0 saturated heterocycles. The van der Waals surface area contributed by atoms with Crippen molar-refractivity contribution in [1.29, 1.82) is 0 Å². The zero-order chi connectivity index (χ0) is 11.4. The van der Waals surface area contributed by atoms with Gasteiger partial charge in [0.2, 0.25) is 0 Å². The average Bonchev–Trinajstić information content (AvgIpc) is 2.70. The van der Waals surface area contributed by atoms with Crippen LogP contribution in [0.1, 0.15) is 16.9 Å². The number of rotatable bonds is 4. The number of halogens is 1. The molecule has 0 spiro atoms. The second kappa shape index (κ2) is 5.19. The molecule has 0 atom stereocenters. The van der Waals surface area contributed by atoms with Crippen LogP contribution in [0.25, 0.3) is 0 Å². The summed E-state index contributed by atoms with van der Waals surface area (Å²) in [6.45, 7) is 0.119. The number of aliphatic hydroxyl groups is 1. The van der Waals surface area contributed by atoms with Gasteiger partial charge in [-0.25, -0.2) is 0 Å². The van der Waals surface area contributed by atoms with Crippen molar-refractivity contribution in [3.63, 3.8) is 0 Å². The fourth-order valence-electron chi connectivity index (χ4n) is 1.60. The molecule has 0 fully saturated rings. The van der Waals surface area contributed by atoms with E-state index in [1.807, 2.05) is 30.3 Å². The number of furan rings is 1. The maximum absolute atomic E-state index is 8.77. The van der Waals surface area contributed by atoms with Gasteiger partial charge < -0.3 is 9.52 Å². The zero-order valence-corrected chi connectivity index (χ0v) is 9.57. The number of hydrogen-bond donors (Lipinski definition) is 1. The third kappa shape index (κ3) is 2.87. The van der Waals surface area contributed by atoms with Crippen LogP contribution < -0.4 is 0 Å². The second-order valence-corrected chi connectivity index (χ2v) is 4.13. The van der Waals surface area contributed by atoms with Crippen molar-refractivity contribution in [3.8, 4) is 0 Å². The van der Waals surface area contributed by atoms with Crippen LogP contribution in [-0.4, -0.2) is 11.7 Å². The molecule has 1 aromatic heterocycles. The highest BCUT2D eigenvalue weighted by Gasteiger charge is 2.02. The molecule has 0 bridgehead atoms. The van der Waals surface area contributed by atoms with E-state index in [0.29, 0.717) is 6.42 Å². The van der Waals surface area contributed by atoms with Gasteiger partial charge >= 0.3 is 0 Å². The number of benzene rings is 1. The van der Waals surface area contributed by atoms with Gasteiger partial charge in [-0.05, 0) is 29.3 Å². The molecule has 16 heavy (non-hydrogen) atoms. The Labute approximate surface area is 99.5 Å². The summed E-state index contributed by atoms with van der Waals surface area (Å²) >= 11 is 5.81. The van der Waals surface area contributed by atoms with E-state index < -0.39 is 0 Å². The van der Waals surface area contributed by atoms with Crippen LogP contribution in [0.4, 0.5) is 0 Å². The van der Waals surface area contributed by atoms with Gasteiger partial charge in [-0.1, -0.05) is 23.7 Å². The van der Waals surface area contributed by atoms with Crippen molar-refractivity contribution in [1.82, 2.24) is 0 Å². The van der Waals surface area contributed by atoms with Gasteiger partial charge in [-0.15, -0.1) is 0 Å². The zero-order valence-electron chi connectivity index (χ0n) is 8.82. The molecule has 0 aliphatic rings. The molecule has 3 heteroatoms. The second-order valence-electron chi connectivity index (χ2n) is 3.70. The Bertz CT molecular complexity index is 445. The summed E-state index contributed by atoms with van der Waals surface area (Å²) in [7, 11) is 0. The van der Waals surface area contributed by atoms with E-state index in [1.165, 1.54) is 5.56 Å². The normalized spacial score (nSPS) is 10.6. The molecule has 2 aromatic rings. The summed E-state index contributed by atoms with van der Waals surface area (Å²) in [6, 6.07) is 9.74. The smallest absolute Gasteiger partial charge is 0.106 e. The lowest BCUT2D eigenvalue weighted by molar-refractivity contribution is 0.288. The van der Waals surface area contributed by atoms with Crippen molar-refractivity contribution in [3.05, 3.63) is 58.5 Å². The third-order valence-electron chi connectivity index (χ3n) is 2.39. The monoisotopic (exact) mass is 236 g/mol. The number of hydrogen-bond acceptors (Lipinski definition) is 2. The summed E-state index contributed by atoms with van der Waals surface area (Å²) in [5.41, 5.74) is 2.31. The van der Waals surface area contributed by atoms with Crippen LogP contribution in [0.5, 0.6) is 0 Å². The highest BCUT2D eigenvalue weighted by molar-refractivity contribution is 6.30. The fraction of sp³-hybridized carbons (Fsp3) is 0.231. The van der Waals surface area contributed by atoms with Gasteiger partial charge in [0, 0.05) is 17.9 Å². The van der Waals surface area contributed by atoms with Gasteiger partial charge in [-0.3, -0.25) is 0 Å². The Morgan fingerprint density at radius 2 is 1.88 bits per heavy atom. The molecule has 0 radical (unpaired) electrons. The minimum absolute atomic E-state index is 0.119. The standard InChI is InChI=1S/C13H13ClO2/c14-12-3-1-10(2-4-12)7-11-8-13(5-6-15)16-9-11/h1-4,8-9,15H,5-7H2. The van der Waals surface area contributed by atoms with Gasteiger partial charge in [0.25, 0.3) is 0 Å². The van der Waals surface area contributed by atoms with Gasteiger partial charge in [-0.2, -0.15) is 0 Å². The van der Waals surface area contributed by atoms with E-state index in [9.17, 15) is 0 Å². The van der Waals surface area contributed by atoms with E-state index in [4.69, 9.17) is 21.1 Å². The van der Waals surface area contributed by atoms with Crippen LogP contribution in [0.3, 0.4) is 0 Å². The average molecular weight is 237 g/mol. The highest BCUT2D eigenvalue weighted by atomic mass is 35.5. The molecule has 2 nitrogen and oxygen atoms in total. The fourth-order valence-corrected chi connectivity index (χ4v) is 1.72. The molecule has 0 unspecified atom stereocenters. The number of aliphatic hydroxyl groups excluding tert-OH is 1. The van der Waals surface area contributed by atoms with E-state index in [1.54, 1.807) is 6.26 Å². The van der Waals surface area contributed by atoms with E-state index in [0.717, 1.165) is 22.8 Å². The molecule has 0 saturated carbocycles. The first kappa shape index (κ1) is 11.2. The molecule has 84 valence electrons. The molecule has 0 aliphatic heterocycles. The Kier molecular flexibility index (Phi) is 3.65. The molecular formula is C13H13ClO2. The predicted molar refractivity (Wildman–Crippen MR) is 63.8 cm³/mol. The summed E-state index contributed by atoms with van der Waals surface area (Å²) in [5.74, 6) is 0.825. The van der Waals surface area contributed by atoms with Crippen molar-refractivity contribution >= 4 is 11.6 Å². The molecule has 2 rings (SSSR count). The summed E-state index contributed by atoms with van der Waals surface area (Å²) in [4.78, 5) is 0. The van der Waals surface area contributed by atoms with Crippen LogP contribution in [0.2, 0.25) is 5.02 Å². The van der Waals surface area contributed by atoms with E-state index in [2.05, 4.69) is 0 Å². The van der Waals surface area contributed by atoms with Crippen LogP contribution >= 0.6 is 11.6 Å². The first-order chi connectivity index (χ1) is 7.78. The minimum Gasteiger partial charge on any atom is -0.469 e. The highest BCUT2D eigenvalue weighted by Crippen LogP contribution is 2.15. The molecule has 1 N–H and O–H groups in total. The van der Waals surface area contributed by atoms with E-state index in [-0.39, 0.29) is 6.61 Å². The molecule has 1 heterocycles. The molecule has 0 amide bonds. The summed E-state index contributed by atoms with van der Waals surface area (Å²) < 4.78 is 5.31. The van der Waals surface area contributed by atoms with Crippen molar-refractivity contribution in [2.24, 2.45) is 0 Å². The first-order valence-corrected chi connectivity index (χ1v) is 5.57. The summed E-state index contributed by atoms with van der Waals surface area (Å²) in [5, 5.41) is 9.52. The predicted octanol–water partition coefficient (Wildman–Crippen LogP) is 3.06. The van der Waals surface area contributed by atoms with Crippen LogP contribution in [0.15, 0.2) is 41.0 Å². The van der Waals surface area contributed by atoms with Gasteiger partial charge in [0.15, 0.2) is 0 Å². The Hall–Kier alpha value is -1.25.